The molecule has 0 saturated carbocycles. The van der Waals surface area contributed by atoms with Gasteiger partial charge in [0.15, 0.2) is 0 Å². The fourth-order valence-corrected chi connectivity index (χ4v) is 1.52. The van der Waals surface area contributed by atoms with E-state index in [0.29, 0.717) is 5.69 Å². The maximum absolute atomic E-state index is 12.4. The molecule has 0 spiro atoms. The summed E-state index contributed by atoms with van der Waals surface area (Å²) >= 11 is 0. The van der Waals surface area contributed by atoms with Crippen molar-refractivity contribution in [1.29, 1.82) is 0 Å². The van der Waals surface area contributed by atoms with Gasteiger partial charge in [0.25, 0.3) is 12.3 Å². The van der Waals surface area contributed by atoms with Crippen molar-refractivity contribution in [3.8, 4) is 0 Å². The first-order valence-electron chi connectivity index (χ1n) is 5.40. The molecule has 0 unspecified atom stereocenters. The van der Waals surface area contributed by atoms with Crippen LogP contribution >= 0.6 is 0 Å². The molecule has 1 amide bonds. The smallest absolute Gasteiger partial charge is 0.257 e. The monoisotopic (exact) mass is 259 g/mol. The number of aliphatic hydroxyl groups excluding tert-OH is 1. The van der Waals surface area contributed by atoms with Gasteiger partial charge in [0.1, 0.15) is 0 Å². The van der Waals surface area contributed by atoms with Gasteiger partial charge in [-0.25, -0.2) is 8.78 Å². The van der Waals surface area contributed by atoms with E-state index in [0.717, 1.165) is 4.90 Å². The number of aromatic nitrogens is 1. The van der Waals surface area contributed by atoms with Crippen LogP contribution in [0.4, 0.5) is 14.5 Å². The van der Waals surface area contributed by atoms with Crippen molar-refractivity contribution in [2.45, 2.75) is 6.43 Å². The van der Waals surface area contributed by atoms with E-state index in [-0.39, 0.29) is 18.7 Å². The first kappa shape index (κ1) is 14.3. The predicted octanol–water partition coefficient (Wildman–Crippen LogP) is 0.823. The maximum atomic E-state index is 12.4. The van der Waals surface area contributed by atoms with Crippen molar-refractivity contribution in [3.63, 3.8) is 0 Å². The van der Waals surface area contributed by atoms with Gasteiger partial charge < -0.3 is 15.3 Å². The van der Waals surface area contributed by atoms with E-state index in [1.54, 1.807) is 13.1 Å². The molecule has 7 heteroatoms. The SMILES string of the molecule is CNc1ccncc1C(=O)N(CCO)CC(F)F. The van der Waals surface area contributed by atoms with Crippen molar-refractivity contribution >= 4 is 11.6 Å². The van der Waals surface area contributed by atoms with Gasteiger partial charge in [-0.15, -0.1) is 0 Å². The Balaban J connectivity index is 2.94. The molecule has 0 saturated heterocycles. The highest BCUT2D eigenvalue weighted by atomic mass is 19.3. The van der Waals surface area contributed by atoms with Crippen LogP contribution in [-0.2, 0) is 0 Å². The predicted molar refractivity (Wildman–Crippen MR) is 62.8 cm³/mol. The molecule has 0 atom stereocenters. The van der Waals surface area contributed by atoms with Crippen LogP contribution in [0.2, 0.25) is 0 Å². The number of rotatable bonds is 6. The van der Waals surface area contributed by atoms with Crippen LogP contribution in [0.15, 0.2) is 18.5 Å². The van der Waals surface area contributed by atoms with Crippen molar-refractivity contribution < 1.29 is 18.7 Å². The minimum atomic E-state index is -2.64. The molecule has 100 valence electrons. The molecule has 0 aliphatic rings. The van der Waals surface area contributed by atoms with Crippen LogP contribution in [0.25, 0.3) is 0 Å². The Kier molecular flexibility index (Phi) is 5.44. The summed E-state index contributed by atoms with van der Waals surface area (Å²) in [5, 5.41) is 11.6. The average Bonchev–Trinajstić information content (AvgIpc) is 2.37. The fraction of sp³-hybridized carbons (Fsp3) is 0.455. The van der Waals surface area contributed by atoms with Crippen LogP contribution in [0.5, 0.6) is 0 Å². The van der Waals surface area contributed by atoms with E-state index in [2.05, 4.69) is 10.3 Å². The number of hydrogen-bond acceptors (Lipinski definition) is 4. The summed E-state index contributed by atoms with van der Waals surface area (Å²) in [6.07, 6.45) is 0.158. The average molecular weight is 259 g/mol. The molecule has 0 bridgehead atoms. The number of nitrogens with zero attached hydrogens (tertiary/aromatic N) is 2. The highest BCUT2D eigenvalue weighted by Gasteiger charge is 2.21. The van der Waals surface area contributed by atoms with E-state index in [1.807, 2.05) is 0 Å². The highest BCUT2D eigenvalue weighted by Crippen LogP contribution is 2.15. The quantitative estimate of drug-likeness (QED) is 0.794. The number of anilines is 1. The number of aliphatic hydroxyl groups is 1. The third-order valence-electron chi connectivity index (χ3n) is 2.34. The third-order valence-corrected chi connectivity index (χ3v) is 2.34. The van der Waals surface area contributed by atoms with Crippen molar-refractivity contribution in [3.05, 3.63) is 24.0 Å². The molecule has 2 N–H and O–H groups in total. The Morgan fingerprint density at radius 3 is 2.89 bits per heavy atom. The highest BCUT2D eigenvalue weighted by molar-refractivity contribution is 5.99. The Morgan fingerprint density at radius 1 is 1.61 bits per heavy atom. The zero-order valence-electron chi connectivity index (χ0n) is 9.94. The van der Waals surface area contributed by atoms with Crippen LogP contribution in [0.3, 0.4) is 0 Å². The lowest BCUT2D eigenvalue weighted by atomic mass is 10.2. The van der Waals surface area contributed by atoms with E-state index < -0.39 is 18.9 Å². The van der Waals surface area contributed by atoms with Gasteiger partial charge >= 0.3 is 0 Å². The van der Waals surface area contributed by atoms with E-state index in [9.17, 15) is 13.6 Å². The molecule has 1 rings (SSSR count). The van der Waals surface area contributed by atoms with Crippen molar-refractivity contribution in [2.24, 2.45) is 0 Å². The topological polar surface area (TPSA) is 65.5 Å². The van der Waals surface area contributed by atoms with Gasteiger partial charge in [0.2, 0.25) is 0 Å². The third kappa shape index (κ3) is 3.63. The molecular weight excluding hydrogens is 244 g/mol. The van der Waals surface area contributed by atoms with Crippen LogP contribution in [0.1, 0.15) is 10.4 Å². The molecule has 1 aromatic heterocycles. The second-order valence-electron chi connectivity index (χ2n) is 3.54. The Hall–Kier alpha value is -1.76. The molecule has 18 heavy (non-hydrogen) atoms. The second-order valence-corrected chi connectivity index (χ2v) is 3.54. The first-order chi connectivity index (χ1) is 8.60. The molecule has 0 aliphatic heterocycles. The lowest BCUT2D eigenvalue weighted by Gasteiger charge is -2.22. The number of amides is 1. The second kappa shape index (κ2) is 6.85. The number of alkyl halides is 2. The van der Waals surface area contributed by atoms with Gasteiger partial charge in [-0.1, -0.05) is 0 Å². The van der Waals surface area contributed by atoms with Gasteiger partial charge in [-0.3, -0.25) is 9.78 Å². The Morgan fingerprint density at radius 2 is 2.33 bits per heavy atom. The first-order valence-corrected chi connectivity index (χ1v) is 5.40. The van der Waals surface area contributed by atoms with Gasteiger partial charge in [-0.05, 0) is 6.07 Å². The van der Waals surface area contributed by atoms with E-state index in [4.69, 9.17) is 5.11 Å². The minimum Gasteiger partial charge on any atom is -0.395 e. The number of hydrogen-bond donors (Lipinski definition) is 2. The molecule has 1 heterocycles. The largest absolute Gasteiger partial charge is 0.395 e. The zero-order chi connectivity index (χ0) is 13.5. The number of carbonyl (C=O) groups excluding carboxylic acids is 1. The van der Waals surface area contributed by atoms with Gasteiger partial charge in [-0.2, -0.15) is 0 Å². The molecule has 0 aliphatic carbocycles. The van der Waals surface area contributed by atoms with Crippen LogP contribution < -0.4 is 5.32 Å². The number of pyridine rings is 1. The summed E-state index contributed by atoms with van der Waals surface area (Å²) in [6.45, 7) is -1.22. The summed E-state index contributed by atoms with van der Waals surface area (Å²) in [6, 6.07) is 1.58. The number of carbonyl (C=O) groups is 1. The van der Waals surface area contributed by atoms with Crippen LogP contribution in [-0.4, -0.2) is 54.1 Å². The Labute approximate surface area is 103 Å². The maximum Gasteiger partial charge on any atom is 0.257 e. The zero-order valence-corrected chi connectivity index (χ0v) is 9.94. The molecular formula is C11H15F2N3O2. The molecule has 0 aromatic carbocycles. The van der Waals surface area contributed by atoms with Crippen LogP contribution in [0, 0.1) is 0 Å². The van der Waals surface area contributed by atoms with Crippen molar-refractivity contribution in [2.75, 3.05) is 32.1 Å². The van der Waals surface area contributed by atoms with E-state index in [1.165, 1.54) is 12.4 Å². The number of nitrogens with one attached hydrogen (secondary N) is 1. The fourth-order valence-electron chi connectivity index (χ4n) is 1.52. The summed E-state index contributed by atoms with van der Waals surface area (Å²) < 4.78 is 24.7. The normalized spacial score (nSPS) is 10.5. The molecule has 1 aromatic rings. The molecule has 0 fully saturated rings. The number of halogens is 2. The van der Waals surface area contributed by atoms with Gasteiger partial charge in [0, 0.05) is 31.7 Å². The minimum absolute atomic E-state index is 0.138. The standard InChI is InChI=1S/C11H15F2N3O2/c1-14-9-2-3-15-6-8(9)11(18)16(4-5-17)7-10(12)13/h2-3,6,10,17H,4-5,7H2,1H3,(H,14,15). The molecule has 5 nitrogen and oxygen atoms in total. The summed E-state index contributed by atoms with van der Waals surface area (Å²) in [5.74, 6) is -0.582. The van der Waals surface area contributed by atoms with Crippen molar-refractivity contribution in [1.82, 2.24) is 9.88 Å². The lowest BCUT2D eigenvalue weighted by Crippen LogP contribution is -2.37. The lowest BCUT2D eigenvalue weighted by molar-refractivity contribution is 0.0509. The van der Waals surface area contributed by atoms with E-state index >= 15 is 0 Å². The summed E-state index contributed by atoms with van der Waals surface area (Å²) in [4.78, 5) is 16.8. The molecule has 0 radical (unpaired) electrons. The summed E-state index contributed by atoms with van der Waals surface area (Å²) in [5.41, 5.74) is 0.710. The Bertz CT molecular complexity index is 402. The van der Waals surface area contributed by atoms with Gasteiger partial charge in [0.05, 0.1) is 18.7 Å². The summed E-state index contributed by atoms with van der Waals surface area (Å²) in [7, 11) is 1.62.